The minimum atomic E-state index is -0.117. The number of hydrogen-bond acceptors (Lipinski definition) is 2. The normalized spacial score (nSPS) is 16.1. The predicted molar refractivity (Wildman–Crippen MR) is 73.4 cm³/mol. The number of rotatable bonds is 3. The van der Waals surface area contributed by atoms with Gasteiger partial charge in [0.15, 0.2) is 0 Å². The Kier molecular flexibility index (Phi) is 4.45. The second-order valence-electron chi connectivity index (χ2n) is 4.81. The molecule has 2 amide bonds. The number of anilines is 1. The summed E-state index contributed by atoms with van der Waals surface area (Å²) in [5, 5.41) is 4.76. The number of amides is 2. The van der Waals surface area contributed by atoms with Crippen molar-refractivity contribution in [2.45, 2.75) is 38.1 Å². The van der Waals surface area contributed by atoms with E-state index in [1.165, 1.54) is 19.3 Å². The van der Waals surface area contributed by atoms with Crippen molar-refractivity contribution in [1.82, 2.24) is 10.7 Å². The molecule has 0 radical (unpaired) electrons. The predicted octanol–water partition coefficient (Wildman–Crippen LogP) is 2.67. The van der Waals surface area contributed by atoms with Crippen LogP contribution in [0.15, 0.2) is 30.3 Å². The number of benzene rings is 1. The summed E-state index contributed by atoms with van der Waals surface area (Å²) < 4.78 is 0. The van der Waals surface area contributed by atoms with Gasteiger partial charge in [0.05, 0.1) is 5.69 Å². The van der Waals surface area contributed by atoms with E-state index < -0.39 is 0 Å². The van der Waals surface area contributed by atoms with Crippen molar-refractivity contribution in [2.24, 2.45) is 0 Å². The van der Waals surface area contributed by atoms with E-state index >= 15 is 0 Å². The zero-order chi connectivity index (χ0) is 12.8. The minimum absolute atomic E-state index is 0.117. The molecular weight excluding hydrogens is 226 g/mol. The van der Waals surface area contributed by atoms with Crippen molar-refractivity contribution in [1.29, 1.82) is 0 Å². The smallest absolute Gasteiger partial charge is 0.333 e. The van der Waals surface area contributed by atoms with E-state index in [2.05, 4.69) is 10.7 Å². The molecule has 0 saturated heterocycles. The fourth-order valence-corrected chi connectivity index (χ4v) is 2.33. The minimum Gasteiger partial charge on any atom is -0.334 e. The van der Waals surface area contributed by atoms with Gasteiger partial charge in [0.2, 0.25) is 0 Å². The van der Waals surface area contributed by atoms with Gasteiger partial charge in [0, 0.05) is 13.1 Å². The van der Waals surface area contributed by atoms with Crippen LogP contribution < -0.4 is 15.8 Å². The monoisotopic (exact) mass is 247 g/mol. The summed E-state index contributed by atoms with van der Waals surface area (Å²) in [6.45, 7) is 0. The van der Waals surface area contributed by atoms with Crippen LogP contribution in [-0.4, -0.2) is 19.1 Å². The molecule has 18 heavy (non-hydrogen) atoms. The number of carbonyl (C=O) groups excluding carboxylic acids is 1. The summed E-state index contributed by atoms with van der Waals surface area (Å²) in [6.07, 6.45) is 5.94. The van der Waals surface area contributed by atoms with Gasteiger partial charge in [0.25, 0.3) is 0 Å². The van der Waals surface area contributed by atoms with Crippen LogP contribution in [0.3, 0.4) is 0 Å². The SMILES string of the molecule is CN(NC(=O)NC1CCCCC1)c1ccccc1. The molecule has 1 saturated carbocycles. The maximum absolute atomic E-state index is 11.8. The van der Waals surface area contributed by atoms with Gasteiger partial charge in [-0.25, -0.2) is 10.2 Å². The van der Waals surface area contributed by atoms with Crippen LogP contribution in [0.25, 0.3) is 0 Å². The highest BCUT2D eigenvalue weighted by Crippen LogP contribution is 2.17. The van der Waals surface area contributed by atoms with Crippen molar-refractivity contribution in [3.05, 3.63) is 30.3 Å². The molecule has 2 rings (SSSR count). The van der Waals surface area contributed by atoms with E-state index in [1.807, 2.05) is 37.4 Å². The summed E-state index contributed by atoms with van der Waals surface area (Å²) >= 11 is 0. The number of nitrogens with one attached hydrogen (secondary N) is 2. The summed E-state index contributed by atoms with van der Waals surface area (Å²) in [5.41, 5.74) is 3.80. The Bertz CT molecular complexity index is 374. The molecule has 0 atom stereocenters. The van der Waals surface area contributed by atoms with E-state index in [1.54, 1.807) is 5.01 Å². The van der Waals surface area contributed by atoms with Gasteiger partial charge in [-0.1, -0.05) is 37.5 Å². The molecule has 2 N–H and O–H groups in total. The van der Waals surface area contributed by atoms with Crippen molar-refractivity contribution in [3.8, 4) is 0 Å². The molecule has 1 fully saturated rings. The fourth-order valence-electron chi connectivity index (χ4n) is 2.33. The molecule has 0 unspecified atom stereocenters. The van der Waals surface area contributed by atoms with Crippen LogP contribution in [0, 0.1) is 0 Å². The third-order valence-electron chi connectivity index (χ3n) is 3.35. The Balaban J connectivity index is 1.80. The van der Waals surface area contributed by atoms with Gasteiger partial charge in [-0.15, -0.1) is 0 Å². The zero-order valence-electron chi connectivity index (χ0n) is 10.9. The second kappa shape index (κ2) is 6.28. The Hall–Kier alpha value is -1.71. The Morgan fingerprint density at radius 3 is 2.50 bits per heavy atom. The van der Waals surface area contributed by atoms with Crippen molar-refractivity contribution in [2.75, 3.05) is 12.1 Å². The van der Waals surface area contributed by atoms with Gasteiger partial charge in [-0.3, -0.25) is 5.01 Å². The Morgan fingerprint density at radius 2 is 1.83 bits per heavy atom. The molecule has 4 nitrogen and oxygen atoms in total. The number of hydrazine groups is 1. The third kappa shape index (κ3) is 3.65. The lowest BCUT2D eigenvalue weighted by Gasteiger charge is -2.25. The van der Waals surface area contributed by atoms with Crippen LogP contribution in [0.1, 0.15) is 32.1 Å². The van der Waals surface area contributed by atoms with E-state index in [-0.39, 0.29) is 6.03 Å². The quantitative estimate of drug-likeness (QED) is 0.807. The van der Waals surface area contributed by atoms with Crippen LogP contribution in [0.2, 0.25) is 0 Å². The Labute approximate surface area is 108 Å². The van der Waals surface area contributed by atoms with Crippen molar-refractivity contribution < 1.29 is 4.79 Å². The molecule has 1 aliphatic rings. The summed E-state index contributed by atoms with van der Waals surface area (Å²) in [6, 6.07) is 10.00. The molecule has 0 aliphatic heterocycles. The molecule has 1 aromatic carbocycles. The lowest BCUT2D eigenvalue weighted by Crippen LogP contribution is -2.49. The number of nitrogens with zero attached hydrogens (tertiary/aromatic N) is 1. The maximum Gasteiger partial charge on any atom is 0.333 e. The summed E-state index contributed by atoms with van der Waals surface area (Å²) in [5.74, 6) is 0. The van der Waals surface area contributed by atoms with E-state index in [0.29, 0.717) is 6.04 Å². The molecule has 98 valence electrons. The topological polar surface area (TPSA) is 44.4 Å². The van der Waals surface area contributed by atoms with Crippen LogP contribution in [-0.2, 0) is 0 Å². The van der Waals surface area contributed by atoms with Crippen LogP contribution >= 0.6 is 0 Å². The molecule has 0 spiro atoms. The average Bonchev–Trinajstić information content (AvgIpc) is 2.40. The lowest BCUT2D eigenvalue weighted by atomic mass is 9.96. The first kappa shape index (κ1) is 12.7. The van der Waals surface area contributed by atoms with E-state index in [0.717, 1.165) is 18.5 Å². The molecule has 0 bridgehead atoms. The second-order valence-corrected chi connectivity index (χ2v) is 4.81. The molecular formula is C14H21N3O. The number of carbonyl (C=O) groups is 1. The molecule has 0 aromatic heterocycles. The van der Waals surface area contributed by atoms with Gasteiger partial charge < -0.3 is 5.32 Å². The highest BCUT2D eigenvalue weighted by molar-refractivity contribution is 5.76. The third-order valence-corrected chi connectivity index (χ3v) is 3.35. The van der Waals surface area contributed by atoms with E-state index in [9.17, 15) is 4.79 Å². The maximum atomic E-state index is 11.8. The van der Waals surface area contributed by atoms with Gasteiger partial charge in [0.1, 0.15) is 0 Å². The molecule has 4 heteroatoms. The lowest BCUT2D eigenvalue weighted by molar-refractivity contribution is 0.232. The molecule has 1 aromatic rings. The number of urea groups is 1. The van der Waals surface area contributed by atoms with Crippen LogP contribution in [0.4, 0.5) is 10.5 Å². The van der Waals surface area contributed by atoms with Crippen molar-refractivity contribution in [3.63, 3.8) is 0 Å². The first-order valence-corrected chi connectivity index (χ1v) is 6.61. The first-order valence-electron chi connectivity index (χ1n) is 6.61. The van der Waals surface area contributed by atoms with Gasteiger partial charge >= 0.3 is 6.03 Å². The molecule has 0 heterocycles. The number of para-hydroxylation sites is 1. The first-order chi connectivity index (χ1) is 8.75. The average molecular weight is 247 g/mol. The zero-order valence-corrected chi connectivity index (χ0v) is 10.9. The standard InChI is InChI=1S/C14H21N3O/c1-17(13-10-6-3-7-11-13)16-14(18)15-12-8-4-2-5-9-12/h3,6-7,10-12H,2,4-5,8-9H2,1H3,(H2,15,16,18). The summed E-state index contributed by atoms with van der Waals surface area (Å²) in [4.78, 5) is 11.8. The van der Waals surface area contributed by atoms with Gasteiger partial charge in [-0.05, 0) is 25.0 Å². The van der Waals surface area contributed by atoms with Crippen LogP contribution in [0.5, 0.6) is 0 Å². The van der Waals surface area contributed by atoms with E-state index in [4.69, 9.17) is 0 Å². The summed E-state index contributed by atoms with van der Waals surface area (Å²) in [7, 11) is 1.84. The fraction of sp³-hybridized carbons (Fsp3) is 0.500. The van der Waals surface area contributed by atoms with Gasteiger partial charge in [-0.2, -0.15) is 0 Å². The van der Waals surface area contributed by atoms with Crippen molar-refractivity contribution >= 4 is 11.7 Å². The highest BCUT2D eigenvalue weighted by Gasteiger charge is 2.16. The molecule has 1 aliphatic carbocycles. The Morgan fingerprint density at radius 1 is 1.17 bits per heavy atom. The largest absolute Gasteiger partial charge is 0.334 e. The number of hydrogen-bond donors (Lipinski definition) is 2. The highest BCUT2D eigenvalue weighted by atomic mass is 16.2.